The predicted molar refractivity (Wildman–Crippen MR) is 65.7 cm³/mol. The Labute approximate surface area is 97.3 Å². The van der Waals surface area contributed by atoms with E-state index in [1.54, 1.807) is 0 Å². The second kappa shape index (κ2) is 4.78. The van der Waals surface area contributed by atoms with Gasteiger partial charge in [0, 0.05) is 19.1 Å². The topological polar surface area (TPSA) is 32.3 Å². The van der Waals surface area contributed by atoms with Gasteiger partial charge in [-0.25, -0.2) is 9.97 Å². The lowest BCUT2D eigenvalue weighted by molar-refractivity contribution is 0.249. The second-order valence-corrected chi connectivity index (χ2v) is 4.67. The summed E-state index contributed by atoms with van der Waals surface area (Å²) in [6.45, 7) is 4.13. The fraction of sp³-hybridized carbons (Fsp3) is 0.667. The SMILES string of the molecule is Cc1ncc(N2CCC(N(C)C)CC2)cn1. The van der Waals surface area contributed by atoms with Crippen molar-refractivity contribution < 1.29 is 0 Å². The summed E-state index contributed by atoms with van der Waals surface area (Å²) in [6.07, 6.45) is 6.30. The molecule has 88 valence electrons. The largest absolute Gasteiger partial charge is 0.369 e. The predicted octanol–water partition coefficient (Wildman–Crippen LogP) is 1.32. The van der Waals surface area contributed by atoms with E-state index in [0.29, 0.717) is 0 Å². The van der Waals surface area contributed by atoms with E-state index in [2.05, 4.69) is 33.9 Å². The Bertz CT molecular complexity index is 325. The fourth-order valence-corrected chi connectivity index (χ4v) is 2.19. The van der Waals surface area contributed by atoms with E-state index >= 15 is 0 Å². The molecule has 1 fully saturated rings. The van der Waals surface area contributed by atoms with Crippen molar-refractivity contribution in [3.8, 4) is 0 Å². The van der Waals surface area contributed by atoms with Crippen LogP contribution in [0.3, 0.4) is 0 Å². The highest BCUT2D eigenvalue weighted by Gasteiger charge is 2.20. The van der Waals surface area contributed by atoms with Crippen LogP contribution in [0.25, 0.3) is 0 Å². The van der Waals surface area contributed by atoms with Crippen LogP contribution in [0, 0.1) is 6.92 Å². The molecule has 0 bridgehead atoms. The van der Waals surface area contributed by atoms with Gasteiger partial charge in [0.15, 0.2) is 0 Å². The standard InChI is InChI=1S/C12H20N4/c1-10-13-8-12(9-14-10)16-6-4-11(5-7-16)15(2)3/h8-9,11H,4-7H2,1-3H3. The first kappa shape index (κ1) is 11.3. The number of aromatic nitrogens is 2. The van der Waals surface area contributed by atoms with Crippen LogP contribution in [0.1, 0.15) is 18.7 Å². The molecule has 0 radical (unpaired) electrons. The van der Waals surface area contributed by atoms with Crippen LogP contribution in [0.15, 0.2) is 12.4 Å². The van der Waals surface area contributed by atoms with Crippen LogP contribution < -0.4 is 4.90 Å². The van der Waals surface area contributed by atoms with Gasteiger partial charge >= 0.3 is 0 Å². The molecule has 1 aromatic heterocycles. The summed E-state index contributed by atoms with van der Waals surface area (Å²) in [5, 5.41) is 0. The Morgan fingerprint density at radius 3 is 2.25 bits per heavy atom. The molecule has 4 heteroatoms. The van der Waals surface area contributed by atoms with Crippen molar-refractivity contribution >= 4 is 5.69 Å². The highest BCUT2D eigenvalue weighted by molar-refractivity contribution is 5.42. The molecule has 1 aliphatic rings. The van der Waals surface area contributed by atoms with Crippen molar-refractivity contribution in [1.82, 2.24) is 14.9 Å². The summed E-state index contributed by atoms with van der Waals surface area (Å²) >= 11 is 0. The summed E-state index contributed by atoms with van der Waals surface area (Å²) in [5.74, 6) is 0.840. The van der Waals surface area contributed by atoms with E-state index in [1.807, 2.05) is 19.3 Å². The first-order chi connectivity index (χ1) is 7.66. The van der Waals surface area contributed by atoms with Crippen molar-refractivity contribution in [3.05, 3.63) is 18.2 Å². The maximum absolute atomic E-state index is 4.25. The zero-order valence-electron chi connectivity index (χ0n) is 10.3. The molecule has 2 rings (SSSR count). The molecule has 0 atom stereocenters. The van der Waals surface area contributed by atoms with Crippen LogP contribution in [0.5, 0.6) is 0 Å². The molecule has 0 aliphatic carbocycles. The first-order valence-electron chi connectivity index (χ1n) is 5.87. The lowest BCUT2D eigenvalue weighted by Crippen LogP contribution is -2.42. The molecule has 2 heterocycles. The van der Waals surface area contributed by atoms with Crippen LogP contribution in [0.4, 0.5) is 5.69 Å². The van der Waals surface area contributed by atoms with Crippen molar-refractivity contribution in [2.24, 2.45) is 0 Å². The number of nitrogens with zero attached hydrogens (tertiary/aromatic N) is 4. The lowest BCUT2D eigenvalue weighted by atomic mass is 10.0. The summed E-state index contributed by atoms with van der Waals surface area (Å²) in [4.78, 5) is 13.2. The molecule has 0 spiro atoms. The third kappa shape index (κ3) is 2.50. The van der Waals surface area contributed by atoms with E-state index in [0.717, 1.165) is 30.6 Å². The molecule has 0 saturated carbocycles. The average Bonchev–Trinajstić information content (AvgIpc) is 2.30. The Balaban J connectivity index is 1.96. The van der Waals surface area contributed by atoms with E-state index in [9.17, 15) is 0 Å². The molecule has 1 aromatic rings. The molecular formula is C12H20N4. The van der Waals surface area contributed by atoms with E-state index in [1.165, 1.54) is 12.8 Å². The van der Waals surface area contributed by atoms with Gasteiger partial charge in [-0.15, -0.1) is 0 Å². The van der Waals surface area contributed by atoms with Gasteiger partial charge in [-0.2, -0.15) is 0 Å². The first-order valence-corrected chi connectivity index (χ1v) is 5.87. The van der Waals surface area contributed by atoms with Gasteiger partial charge in [-0.05, 0) is 33.9 Å². The van der Waals surface area contributed by atoms with E-state index < -0.39 is 0 Å². The van der Waals surface area contributed by atoms with Gasteiger partial charge in [0.05, 0.1) is 18.1 Å². The molecule has 16 heavy (non-hydrogen) atoms. The summed E-state index contributed by atoms with van der Waals surface area (Å²) in [5.41, 5.74) is 1.16. The third-order valence-electron chi connectivity index (χ3n) is 3.33. The quantitative estimate of drug-likeness (QED) is 0.752. The number of aryl methyl sites for hydroxylation is 1. The number of rotatable bonds is 2. The number of hydrogen-bond acceptors (Lipinski definition) is 4. The smallest absolute Gasteiger partial charge is 0.125 e. The van der Waals surface area contributed by atoms with Crippen molar-refractivity contribution in [2.45, 2.75) is 25.8 Å². The van der Waals surface area contributed by atoms with Gasteiger partial charge in [-0.3, -0.25) is 0 Å². The summed E-state index contributed by atoms with van der Waals surface area (Å²) < 4.78 is 0. The lowest BCUT2D eigenvalue weighted by Gasteiger charge is -2.36. The minimum absolute atomic E-state index is 0.725. The molecule has 1 aliphatic heterocycles. The van der Waals surface area contributed by atoms with E-state index in [4.69, 9.17) is 0 Å². The highest BCUT2D eigenvalue weighted by atomic mass is 15.2. The van der Waals surface area contributed by atoms with Crippen LogP contribution in [-0.4, -0.2) is 48.1 Å². The van der Waals surface area contributed by atoms with Crippen LogP contribution in [-0.2, 0) is 0 Å². The van der Waals surface area contributed by atoms with Gasteiger partial charge in [0.1, 0.15) is 5.82 Å². The molecular weight excluding hydrogens is 200 g/mol. The van der Waals surface area contributed by atoms with Gasteiger partial charge in [0.25, 0.3) is 0 Å². The maximum atomic E-state index is 4.25. The molecule has 0 unspecified atom stereocenters. The molecule has 4 nitrogen and oxygen atoms in total. The normalized spacial score (nSPS) is 18.1. The molecule has 1 saturated heterocycles. The van der Waals surface area contributed by atoms with Crippen LogP contribution >= 0.6 is 0 Å². The Hall–Kier alpha value is -1.16. The average molecular weight is 220 g/mol. The van der Waals surface area contributed by atoms with Crippen molar-refractivity contribution in [1.29, 1.82) is 0 Å². The van der Waals surface area contributed by atoms with Gasteiger partial charge in [0.2, 0.25) is 0 Å². The zero-order valence-corrected chi connectivity index (χ0v) is 10.3. The number of piperidine rings is 1. The minimum atomic E-state index is 0.725. The Morgan fingerprint density at radius 1 is 1.19 bits per heavy atom. The summed E-state index contributed by atoms with van der Waals surface area (Å²) in [6, 6.07) is 0.725. The van der Waals surface area contributed by atoms with Crippen molar-refractivity contribution in [3.63, 3.8) is 0 Å². The van der Waals surface area contributed by atoms with Crippen molar-refractivity contribution in [2.75, 3.05) is 32.1 Å². The third-order valence-corrected chi connectivity index (χ3v) is 3.33. The summed E-state index contributed by atoms with van der Waals surface area (Å²) in [7, 11) is 4.32. The van der Waals surface area contributed by atoms with Crippen LogP contribution in [0.2, 0.25) is 0 Å². The molecule has 0 amide bonds. The fourth-order valence-electron chi connectivity index (χ4n) is 2.19. The maximum Gasteiger partial charge on any atom is 0.125 e. The minimum Gasteiger partial charge on any atom is -0.369 e. The van der Waals surface area contributed by atoms with E-state index in [-0.39, 0.29) is 0 Å². The van der Waals surface area contributed by atoms with Gasteiger partial charge in [-0.1, -0.05) is 0 Å². The monoisotopic (exact) mass is 220 g/mol. The number of hydrogen-bond donors (Lipinski definition) is 0. The Kier molecular flexibility index (Phi) is 3.39. The molecule has 0 N–H and O–H groups in total. The second-order valence-electron chi connectivity index (χ2n) is 4.67. The number of anilines is 1. The highest BCUT2D eigenvalue weighted by Crippen LogP contribution is 2.20. The Morgan fingerprint density at radius 2 is 1.75 bits per heavy atom. The van der Waals surface area contributed by atoms with Gasteiger partial charge < -0.3 is 9.80 Å². The zero-order chi connectivity index (χ0) is 11.5. The molecule has 0 aromatic carbocycles.